The van der Waals surface area contributed by atoms with Crippen molar-refractivity contribution in [3.05, 3.63) is 35.3 Å². The number of carbonyl (C=O) groups excluding carboxylic acids is 2. The summed E-state index contributed by atoms with van der Waals surface area (Å²) in [6, 6.07) is 1.98. The van der Waals surface area contributed by atoms with Crippen LogP contribution in [0.15, 0.2) is 18.5 Å². The molecule has 172 valence electrons. The lowest BCUT2D eigenvalue weighted by atomic mass is 9.90. The lowest BCUT2D eigenvalue weighted by Gasteiger charge is -2.29. The Morgan fingerprint density at radius 2 is 1.94 bits per heavy atom. The summed E-state index contributed by atoms with van der Waals surface area (Å²) in [7, 11) is 0. The van der Waals surface area contributed by atoms with E-state index in [0.717, 1.165) is 43.6 Å². The Hall–Kier alpha value is -2.79. The third-order valence-corrected chi connectivity index (χ3v) is 5.94. The summed E-state index contributed by atoms with van der Waals surface area (Å²) in [5.41, 5.74) is 8.57. The van der Waals surface area contributed by atoms with Crippen LogP contribution in [0, 0.1) is 0 Å². The number of hydrogen-bond acceptors (Lipinski definition) is 7. The summed E-state index contributed by atoms with van der Waals surface area (Å²) in [6.45, 7) is 2.81. The van der Waals surface area contributed by atoms with Crippen molar-refractivity contribution in [2.75, 3.05) is 19.6 Å². The van der Waals surface area contributed by atoms with E-state index in [0.29, 0.717) is 37.1 Å². The van der Waals surface area contributed by atoms with Gasteiger partial charge in [-0.15, -0.1) is 0 Å². The Kier molecular flexibility index (Phi) is 6.29. The van der Waals surface area contributed by atoms with Crippen molar-refractivity contribution in [2.45, 2.75) is 50.9 Å². The second-order valence-corrected chi connectivity index (χ2v) is 8.14. The number of esters is 2. The highest BCUT2D eigenvalue weighted by atomic mass is 19.4. The molecule has 0 saturated carbocycles. The molecule has 2 aromatic rings. The molecular weight excluding hydrogens is 427 g/mol. The second-order valence-electron chi connectivity index (χ2n) is 8.14. The number of rotatable bonds is 5. The van der Waals surface area contributed by atoms with Crippen LogP contribution in [0.1, 0.15) is 40.9 Å². The van der Waals surface area contributed by atoms with E-state index in [9.17, 15) is 22.8 Å². The Labute approximate surface area is 182 Å². The average molecular weight is 451 g/mol. The van der Waals surface area contributed by atoms with Crippen molar-refractivity contribution < 1.29 is 27.5 Å². The lowest BCUT2D eigenvalue weighted by molar-refractivity contribution is -0.193. The summed E-state index contributed by atoms with van der Waals surface area (Å²) >= 11 is 0. The number of likely N-dealkylation sites (tertiary alicyclic amines) is 1. The Bertz CT molecular complexity index is 1010. The first-order chi connectivity index (χ1) is 15.2. The van der Waals surface area contributed by atoms with Crippen LogP contribution in [0.2, 0.25) is 0 Å². The lowest BCUT2D eigenvalue weighted by Crippen LogP contribution is -2.40. The molecule has 1 saturated heterocycles. The second kappa shape index (κ2) is 8.99. The third kappa shape index (κ3) is 4.68. The van der Waals surface area contributed by atoms with Gasteiger partial charge in [0, 0.05) is 36.1 Å². The van der Waals surface area contributed by atoms with E-state index < -0.39 is 18.1 Å². The molecular formula is C21H24F3N5O3. The molecule has 0 bridgehead atoms. The Morgan fingerprint density at radius 1 is 1.19 bits per heavy atom. The number of hydrogen-bond donors (Lipinski definition) is 1. The highest BCUT2D eigenvalue weighted by Gasteiger charge is 2.43. The maximum atomic E-state index is 12.7. The van der Waals surface area contributed by atoms with E-state index >= 15 is 0 Å². The normalized spacial score (nSPS) is 17.0. The molecule has 0 unspecified atom stereocenters. The topological polar surface area (TPSA) is 103 Å². The van der Waals surface area contributed by atoms with Gasteiger partial charge in [0.15, 0.2) is 5.69 Å². The molecule has 0 atom stereocenters. The molecule has 4 rings (SSSR count). The highest BCUT2D eigenvalue weighted by molar-refractivity contribution is 5.99. The molecule has 0 amide bonds. The largest absolute Gasteiger partial charge is 0.491 e. The molecule has 8 nitrogen and oxygen atoms in total. The molecule has 1 fully saturated rings. The number of alkyl halides is 3. The Morgan fingerprint density at radius 3 is 2.66 bits per heavy atom. The van der Waals surface area contributed by atoms with Gasteiger partial charge in [-0.3, -0.25) is 9.67 Å². The first-order valence-electron chi connectivity index (χ1n) is 10.6. The quantitative estimate of drug-likeness (QED) is 0.549. The zero-order valence-electron chi connectivity index (χ0n) is 17.4. The first kappa shape index (κ1) is 22.4. The van der Waals surface area contributed by atoms with E-state index in [1.165, 1.54) is 4.68 Å². The van der Waals surface area contributed by atoms with Crippen LogP contribution >= 0.6 is 0 Å². The monoisotopic (exact) mass is 451 g/mol. The number of nitrogens with zero attached hydrogens (tertiary/aromatic N) is 4. The number of carbonyl (C=O) groups is 2. The van der Waals surface area contributed by atoms with Crippen LogP contribution in [-0.4, -0.2) is 63.5 Å². The number of halogens is 3. The number of piperidine rings is 1. The molecule has 2 aromatic heterocycles. The number of aryl methyl sites for hydroxylation is 2. The van der Waals surface area contributed by atoms with Gasteiger partial charge < -0.3 is 15.4 Å². The fourth-order valence-electron chi connectivity index (χ4n) is 4.27. The smallest absolute Gasteiger partial charge is 0.381 e. The highest BCUT2D eigenvalue weighted by Crippen LogP contribution is 2.34. The van der Waals surface area contributed by atoms with Crippen LogP contribution in [-0.2, 0) is 28.9 Å². The third-order valence-electron chi connectivity index (χ3n) is 5.94. The molecule has 0 spiro atoms. The van der Waals surface area contributed by atoms with Crippen LogP contribution in [0.25, 0.3) is 11.3 Å². The molecule has 32 heavy (non-hydrogen) atoms. The molecule has 2 N–H and O–H groups in total. The number of nitrogens with two attached hydrogens (primary N) is 1. The van der Waals surface area contributed by atoms with Gasteiger partial charge in [0.2, 0.25) is 0 Å². The average Bonchev–Trinajstić information content (AvgIpc) is 3.13. The zero-order valence-corrected chi connectivity index (χ0v) is 17.4. The van der Waals surface area contributed by atoms with Gasteiger partial charge in [-0.1, -0.05) is 0 Å². The Balaban J connectivity index is 1.58. The SMILES string of the molecule is NC1CCN(CCCn2nc3c(c2C(=O)OC(=O)C(F)(F)F)CCc2cnccc2-3)CC1. The van der Waals surface area contributed by atoms with E-state index in [-0.39, 0.29) is 11.7 Å². The van der Waals surface area contributed by atoms with Gasteiger partial charge in [0.05, 0.1) is 5.69 Å². The molecule has 0 aromatic carbocycles. The van der Waals surface area contributed by atoms with E-state index in [1.54, 1.807) is 18.5 Å². The van der Waals surface area contributed by atoms with Crippen LogP contribution in [0.5, 0.6) is 0 Å². The predicted octanol–water partition coefficient (Wildman–Crippen LogP) is 2.10. The van der Waals surface area contributed by atoms with Crippen LogP contribution in [0.3, 0.4) is 0 Å². The molecule has 1 aliphatic heterocycles. The van der Waals surface area contributed by atoms with Crippen LogP contribution in [0.4, 0.5) is 13.2 Å². The fraction of sp³-hybridized carbons (Fsp3) is 0.524. The summed E-state index contributed by atoms with van der Waals surface area (Å²) in [5, 5.41) is 4.53. The predicted molar refractivity (Wildman–Crippen MR) is 108 cm³/mol. The number of pyridine rings is 1. The number of aromatic nitrogens is 3. The van der Waals surface area contributed by atoms with Crippen LogP contribution < -0.4 is 5.73 Å². The zero-order chi connectivity index (χ0) is 22.9. The number of ether oxygens (including phenoxy) is 1. The summed E-state index contributed by atoms with van der Waals surface area (Å²) in [4.78, 5) is 30.3. The van der Waals surface area contributed by atoms with Crippen molar-refractivity contribution in [1.82, 2.24) is 19.7 Å². The molecule has 1 aliphatic carbocycles. The molecule has 0 radical (unpaired) electrons. The first-order valence-corrected chi connectivity index (χ1v) is 10.6. The summed E-state index contributed by atoms with van der Waals surface area (Å²) in [6.07, 6.45) is 1.46. The molecule has 2 aliphatic rings. The maximum Gasteiger partial charge on any atom is 0.491 e. The van der Waals surface area contributed by atoms with E-state index in [1.807, 2.05) is 0 Å². The standard InChI is InChI=1S/C21H24F3N5O3/c22-21(23,24)20(31)32-19(30)18-16-3-2-13-12-26-7-4-15(13)17(16)27-29(18)9-1-8-28-10-5-14(25)6-11-28/h4,7,12,14H,1-3,5-6,8-11,25H2. The van der Waals surface area contributed by atoms with Gasteiger partial charge in [0.1, 0.15) is 0 Å². The minimum atomic E-state index is -5.26. The fourth-order valence-corrected chi connectivity index (χ4v) is 4.27. The summed E-state index contributed by atoms with van der Waals surface area (Å²) in [5.74, 6) is -3.86. The van der Waals surface area contributed by atoms with Gasteiger partial charge in [-0.2, -0.15) is 18.3 Å². The molecule has 11 heteroatoms. The van der Waals surface area contributed by atoms with Gasteiger partial charge in [0.25, 0.3) is 0 Å². The van der Waals surface area contributed by atoms with Crippen molar-refractivity contribution >= 4 is 11.9 Å². The van der Waals surface area contributed by atoms with Crippen molar-refractivity contribution in [3.63, 3.8) is 0 Å². The van der Waals surface area contributed by atoms with Gasteiger partial charge in [-0.05, 0) is 63.4 Å². The minimum Gasteiger partial charge on any atom is -0.381 e. The maximum absolute atomic E-state index is 12.7. The minimum absolute atomic E-state index is 0.0965. The van der Waals surface area contributed by atoms with Crippen molar-refractivity contribution in [2.24, 2.45) is 5.73 Å². The van der Waals surface area contributed by atoms with Gasteiger partial charge >= 0.3 is 18.1 Å². The van der Waals surface area contributed by atoms with E-state index in [2.05, 4.69) is 19.7 Å². The van der Waals surface area contributed by atoms with Gasteiger partial charge in [-0.25, -0.2) is 9.59 Å². The number of fused-ring (bicyclic) bond motifs is 3. The van der Waals surface area contributed by atoms with Crippen molar-refractivity contribution in [1.29, 1.82) is 0 Å². The van der Waals surface area contributed by atoms with E-state index in [4.69, 9.17) is 5.73 Å². The summed E-state index contributed by atoms with van der Waals surface area (Å²) < 4.78 is 43.5. The molecule has 3 heterocycles. The van der Waals surface area contributed by atoms with Crippen molar-refractivity contribution in [3.8, 4) is 11.3 Å².